The molecule has 0 radical (unpaired) electrons. The number of unbranched alkanes of at least 4 members (excludes halogenated alkanes) is 10. The van der Waals surface area contributed by atoms with Crippen molar-refractivity contribution in [3.63, 3.8) is 0 Å². The molecule has 1 atom stereocenters. The van der Waals surface area contributed by atoms with E-state index in [1.54, 1.807) is 0 Å². The van der Waals surface area contributed by atoms with Gasteiger partial charge in [0.1, 0.15) is 19.5 Å². The summed E-state index contributed by atoms with van der Waals surface area (Å²) >= 11 is 1.19. The minimum atomic E-state index is -0.904. The number of carbonyl (C=O) groups excluding carboxylic acids is 5. The quantitative estimate of drug-likeness (QED) is 0.0344. The number of aldehydes is 1. The smallest absolute Gasteiger partial charge is 0.306 e. The Bertz CT molecular complexity index is 744. The third kappa shape index (κ3) is 27.6. The van der Waals surface area contributed by atoms with Crippen molar-refractivity contribution in [1.29, 1.82) is 0 Å². The summed E-state index contributed by atoms with van der Waals surface area (Å²) in [4.78, 5) is 62.8. The van der Waals surface area contributed by atoms with Crippen LogP contribution in [0.15, 0.2) is 0 Å². The van der Waals surface area contributed by atoms with Crippen LogP contribution in [0.2, 0.25) is 0 Å². The van der Waals surface area contributed by atoms with Gasteiger partial charge in [0.2, 0.25) is 0 Å². The fourth-order valence-corrected chi connectivity index (χ4v) is 5.68. The van der Waals surface area contributed by atoms with Crippen molar-refractivity contribution in [2.24, 2.45) is 0 Å². The van der Waals surface area contributed by atoms with E-state index in [1.807, 2.05) is 19.0 Å². The average molecular weight is 644 g/mol. The average Bonchev–Trinajstić information content (AvgIpc) is 2.99. The van der Waals surface area contributed by atoms with Crippen LogP contribution in [0.25, 0.3) is 0 Å². The second-order valence-electron chi connectivity index (χ2n) is 11.8. The van der Waals surface area contributed by atoms with E-state index < -0.39 is 12.1 Å². The Balaban J connectivity index is 4.87. The van der Waals surface area contributed by atoms with E-state index in [0.717, 1.165) is 70.6 Å². The Morgan fingerprint density at radius 3 is 1.68 bits per heavy atom. The molecule has 9 nitrogen and oxygen atoms in total. The lowest BCUT2D eigenvalue weighted by atomic mass is 10.1. The van der Waals surface area contributed by atoms with Gasteiger partial charge in [-0.25, -0.2) is 0 Å². The number of ether oxygens (including phenoxy) is 3. The van der Waals surface area contributed by atoms with E-state index in [1.165, 1.54) is 37.4 Å². The molecule has 256 valence electrons. The number of esters is 3. The van der Waals surface area contributed by atoms with Crippen LogP contribution in [-0.4, -0.2) is 79.4 Å². The summed E-state index contributed by atoms with van der Waals surface area (Å²) in [5.74, 6) is -1.25. The van der Waals surface area contributed by atoms with Crippen LogP contribution in [0.4, 0.5) is 0 Å². The Kier molecular flexibility index (Phi) is 28.4. The lowest BCUT2D eigenvalue weighted by Crippen LogP contribution is -2.31. The first-order valence-electron chi connectivity index (χ1n) is 17.0. The predicted molar refractivity (Wildman–Crippen MR) is 176 cm³/mol. The molecule has 0 aliphatic carbocycles. The molecule has 0 rings (SSSR count). The molecule has 0 aliphatic heterocycles. The van der Waals surface area contributed by atoms with Crippen molar-refractivity contribution in [2.75, 3.05) is 33.9 Å². The number of nitrogens with zero attached hydrogens (tertiary/aromatic N) is 1. The van der Waals surface area contributed by atoms with Gasteiger partial charge < -0.3 is 23.9 Å². The van der Waals surface area contributed by atoms with Gasteiger partial charge in [0.15, 0.2) is 11.2 Å². The van der Waals surface area contributed by atoms with Crippen LogP contribution >= 0.6 is 11.8 Å². The maximum Gasteiger partial charge on any atom is 0.306 e. The summed E-state index contributed by atoms with van der Waals surface area (Å²) in [6.45, 7) is 4.77. The summed E-state index contributed by atoms with van der Waals surface area (Å²) in [6, 6.07) is 0. The Labute approximate surface area is 271 Å². The Hall–Kier alpha value is -1.94. The van der Waals surface area contributed by atoms with Crippen LogP contribution < -0.4 is 0 Å². The highest BCUT2D eigenvalue weighted by Gasteiger charge is 2.22. The molecule has 0 aromatic rings. The molecule has 0 amide bonds. The van der Waals surface area contributed by atoms with Crippen LogP contribution in [-0.2, 0) is 38.2 Å². The van der Waals surface area contributed by atoms with Gasteiger partial charge >= 0.3 is 17.9 Å². The van der Waals surface area contributed by atoms with Gasteiger partial charge in [-0.3, -0.25) is 19.2 Å². The van der Waals surface area contributed by atoms with Crippen LogP contribution in [0.5, 0.6) is 0 Å². The zero-order valence-electron chi connectivity index (χ0n) is 28.1. The normalized spacial score (nSPS) is 11.9. The van der Waals surface area contributed by atoms with Gasteiger partial charge in [-0.05, 0) is 52.7 Å². The molecule has 0 aromatic carbocycles. The molecule has 0 aromatic heterocycles. The van der Waals surface area contributed by atoms with Crippen LogP contribution in [0.1, 0.15) is 142 Å². The van der Waals surface area contributed by atoms with Gasteiger partial charge in [0.25, 0.3) is 0 Å². The van der Waals surface area contributed by atoms with E-state index in [2.05, 4.69) is 13.8 Å². The van der Waals surface area contributed by atoms with Gasteiger partial charge in [0, 0.05) is 37.4 Å². The van der Waals surface area contributed by atoms with Gasteiger partial charge in [-0.1, -0.05) is 89.8 Å². The minimum Gasteiger partial charge on any atom is -0.462 e. The molecule has 0 bridgehead atoms. The van der Waals surface area contributed by atoms with Crippen molar-refractivity contribution in [3.8, 4) is 0 Å². The predicted octanol–water partition coefficient (Wildman–Crippen LogP) is 7.22. The molecule has 1 unspecified atom stereocenters. The molecule has 0 saturated heterocycles. The highest BCUT2D eigenvalue weighted by atomic mass is 32.2. The molecule has 0 fully saturated rings. The molecule has 0 heterocycles. The third-order valence-electron chi connectivity index (χ3n) is 7.19. The van der Waals surface area contributed by atoms with Crippen molar-refractivity contribution in [1.82, 2.24) is 4.90 Å². The first-order valence-corrected chi connectivity index (χ1v) is 17.9. The number of hydrogen-bond acceptors (Lipinski definition) is 10. The number of carbonyl (C=O) groups is 5. The summed E-state index contributed by atoms with van der Waals surface area (Å²) < 4.78 is 16.4. The van der Waals surface area contributed by atoms with Crippen molar-refractivity contribution in [2.45, 2.75) is 154 Å². The lowest BCUT2D eigenvalue weighted by Gasteiger charge is -2.19. The highest BCUT2D eigenvalue weighted by Crippen LogP contribution is 2.24. The molecule has 44 heavy (non-hydrogen) atoms. The zero-order valence-corrected chi connectivity index (χ0v) is 28.9. The molecular weight excluding hydrogens is 582 g/mol. The van der Waals surface area contributed by atoms with Crippen molar-refractivity contribution in [3.05, 3.63) is 0 Å². The van der Waals surface area contributed by atoms with Gasteiger partial charge in [-0.15, -0.1) is 0 Å². The first-order chi connectivity index (χ1) is 21.2. The topological polar surface area (TPSA) is 116 Å². The Morgan fingerprint density at radius 1 is 0.659 bits per heavy atom. The van der Waals surface area contributed by atoms with E-state index >= 15 is 0 Å². The van der Waals surface area contributed by atoms with Gasteiger partial charge in [-0.2, -0.15) is 0 Å². The molecule has 0 saturated carbocycles. The fourth-order valence-electron chi connectivity index (χ4n) is 4.56. The number of thioether (sulfide) groups is 1. The fraction of sp³-hybridized carbons (Fsp3) is 0.853. The van der Waals surface area contributed by atoms with E-state index in [9.17, 15) is 24.0 Å². The third-order valence-corrected chi connectivity index (χ3v) is 8.46. The second kappa shape index (κ2) is 29.8. The maximum atomic E-state index is 12.8. The summed E-state index contributed by atoms with van der Waals surface area (Å²) in [5.41, 5.74) is 0. The van der Waals surface area contributed by atoms with Crippen LogP contribution in [0, 0.1) is 0 Å². The number of rotatable bonds is 30. The SMILES string of the molecule is CCCCCCCCC(=O)OCC(COC(=O)CCCCCCCC)OC(=O)CCC(CCC=O)SC(=O)CCCN(C)C. The second-order valence-corrected chi connectivity index (χ2v) is 13.2. The largest absolute Gasteiger partial charge is 0.462 e. The standard InChI is InChI=1S/C34H61NO8S/c1-5-7-9-11-13-15-20-31(37)41-27-29(28-42-32(38)21-16-14-12-10-8-6-2)43-33(39)24-23-30(19-18-26-36)44-34(40)22-17-25-35(3)4/h26,29-30H,5-25,27-28H2,1-4H3. The molecule has 0 aliphatic rings. The zero-order chi connectivity index (χ0) is 32.8. The van der Waals surface area contributed by atoms with E-state index in [-0.39, 0.29) is 41.9 Å². The van der Waals surface area contributed by atoms with E-state index in [4.69, 9.17) is 14.2 Å². The lowest BCUT2D eigenvalue weighted by molar-refractivity contribution is -0.167. The first kappa shape index (κ1) is 42.1. The summed E-state index contributed by atoms with van der Waals surface area (Å²) in [5, 5.41) is -0.132. The monoisotopic (exact) mass is 643 g/mol. The highest BCUT2D eigenvalue weighted by molar-refractivity contribution is 8.14. The minimum absolute atomic E-state index is 0.0371. The van der Waals surface area contributed by atoms with Crippen molar-refractivity contribution < 1.29 is 38.2 Å². The van der Waals surface area contributed by atoms with Crippen molar-refractivity contribution >= 4 is 41.1 Å². The summed E-state index contributed by atoms with van der Waals surface area (Å²) in [6.07, 6.45) is 15.5. The number of hydrogen-bond donors (Lipinski definition) is 0. The summed E-state index contributed by atoms with van der Waals surface area (Å²) in [7, 11) is 3.91. The molecule has 10 heteroatoms. The van der Waals surface area contributed by atoms with E-state index in [0.29, 0.717) is 38.5 Å². The molecule has 0 N–H and O–H groups in total. The Morgan fingerprint density at radius 2 is 1.18 bits per heavy atom. The molecular formula is C34H61NO8S. The van der Waals surface area contributed by atoms with Crippen LogP contribution in [0.3, 0.4) is 0 Å². The molecule has 0 spiro atoms. The maximum absolute atomic E-state index is 12.8. The van der Waals surface area contributed by atoms with Gasteiger partial charge in [0.05, 0.1) is 0 Å².